The Bertz CT molecular complexity index is 678. The van der Waals surface area contributed by atoms with Crippen molar-refractivity contribution < 1.29 is 19.1 Å². The van der Waals surface area contributed by atoms with Crippen molar-refractivity contribution in [1.29, 1.82) is 0 Å². The van der Waals surface area contributed by atoms with Gasteiger partial charge in [0.2, 0.25) is 5.91 Å². The minimum atomic E-state index is -0.873. The highest BCUT2D eigenvalue weighted by Crippen LogP contribution is 2.42. The van der Waals surface area contributed by atoms with Crippen LogP contribution in [0.3, 0.4) is 0 Å². The Morgan fingerprint density at radius 2 is 1.96 bits per heavy atom. The minimum Gasteiger partial charge on any atom is -0.481 e. The van der Waals surface area contributed by atoms with E-state index in [4.69, 9.17) is 0 Å². The molecule has 5 nitrogen and oxygen atoms in total. The van der Waals surface area contributed by atoms with Crippen molar-refractivity contribution in [2.75, 3.05) is 26.7 Å². The molecule has 134 valence electrons. The number of halogens is 1. The van der Waals surface area contributed by atoms with Crippen molar-refractivity contribution in [3.8, 4) is 0 Å². The molecule has 0 radical (unpaired) electrons. The van der Waals surface area contributed by atoms with Crippen molar-refractivity contribution >= 4 is 18.0 Å². The molecule has 2 heterocycles. The number of carbonyl (C=O) groups is 2. The molecule has 1 spiro atoms. The van der Waals surface area contributed by atoms with Gasteiger partial charge in [0.05, 0.1) is 11.5 Å². The standard InChI is InChI=1S/C19H23FN2O3/c1-21-17(23)13-16(18(24)25)19(21)8-11-22(12-9-19)10-2-3-14-4-6-15(20)7-5-14/h2-7,16H,8-13H2,1H3,(H,24,25)/b3-2+/t16-/m0/s1. The lowest BCUT2D eigenvalue weighted by molar-refractivity contribution is -0.146. The van der Waals surface area contributed by atoms with Gasteiger partial charge in [-0.25, -0.2) is 4.39 Å². The Balaban J connectivity index is 1.59. The molecule has 2 aliphatic rings. The molecule has 6 heteroatoms. The van der Waals surface area contributed by atoms with Crippen LogP contribution in [0.4, 0.5) is 4.39 Å². The van der Waals surface area contributed by atoms with E-state index in [9.17, 15) is 19.1 Å². The van der Waals surface area contributed by atoms with Crippen LogP contribution in [0.1, 0.15) is 24.8 Å². The molecule has 1 aromatic rings. The molecule has 25 heavy (non-hydrogen) atoms. The van der Waals surface area contributed by atoms with Crippen LogP contribution in [0.25, 0.3) is 6.08 Å². The molecule has 0 aromatic heterocycles. The first-order valence-corrected chi connectivity index (χ1v) is 8.56. The molecule has 1 aromatic carbocycles. The van der Waals surface area contributed by atoms with Gasteiger partial charge in [-0.15, -0.1) is 0 Å². The Morgan fingerprint density at radius 3 is 2.56 bits per heavy atom. The lowest BCUT2D eigenvalue weighted by atomic mass is 9.77. The van der Waals surface area contributed by atoms with E-state index in [-0.39, 0.29) is 18.1 Å². The maximum absolute atomic E-state index is 12.9. The minimum absolute atomic E-state index is 0.0722. The number of nitrogens with zero attached hydrogens (tertiary/aromatic N) is 2. The summed E-state index contributed by atoms with van der Waals surface area (Å²) in [4.78, 5) is 27.5. The number of hydrogen-bond donors (Lipinski definition) is 1. The first-order chi connectivity index (χ1) is 11.9. The van der Waals surface area contributed by atoms with E-state index < -0.39 is 17.4 Å². The van der Waals surface area contributed by atoms with Crippen LogP contribution < -0.4 is 0 Å². The normalized spacial score (nSPS) is 23.7. The van der Waals surface area contributed by atoms with Crippen LogP contribution in [0.15, 0.2) is 30.3 Å². The van der Waals surface area contributed by atoms with Gasteiger partial charge in [0.1, 0.15) is 5.82 Å². The summed E-state index contributed by atoms with van der Waals surface area (Å²) < 4.78 is 12.9. The first kappa shape index (κ1) is 17.6. The predicted octanol–water partition coefficient (Wildman–Crippen LogP) is 2.24. The van der Waals surface area contributed by atoms with E-state index in [1.54, 1.807) is 24.1 Å². The Morgan fingerprint density at radius 1 is 1.32 bits per heavy atom. The Kier molecular flexibility index (Phi) is 4.90. The fourth-order valence-corrected chi connectivity index (χ4v) is 4.02. The largest absolute Gasteiger partial charge is 0.481 e. The molecule has 0 aliphatic carbocycles. The van der Waals surface area contributed by atoms with Gasteiger partial charge in [0.15, 0.2) is 0 Å². The zero-order valence-corrected chi connectivity index (χ0v) is 14.3. The van der Waals surface area contributed by atoms with E-state index in [0.717, 1.165) is 25.2 Å². The van der Waals surface area contributed by atoms with Crippen molar-refractivity contribution in [2.45, 2.75) is 24.8 Å². The maximum atomic E-state index is 12.9. The molecule has 0 unspecified atom stereocenters. The fraction of sp³-hybridized carbons (Fsp3) is 0.474. The summed E-state index contributed by atoms with van der Waals surface area (Å²) in [7, 11) is 1.73. The summed E-state index contributed by atoms with van der Waals surface area (Å²) in [6.45, 7) is 2.27. The smallest absolute Gasteiger partial charge is 0.309 e. The van der Waals surface area contributed by atoms with E-state index in [0.29, 0.717) is 12.8 Å². The summed E-state index contributed by atoms with van der Waals surface area (Å²) in [5, 5.41) is 9.49. The van der Waals surface area contributed by atoms with Crippen molar-refractivity contribution in [3.05, 3.63) is 41.7 Å². The lowest BCUT2D eigenvalue weighted by Crippen LogP contribution is -2.56. The average molecular weight is 346 g/mol. The number of amides is 1. The fourth-order valence-electron chi connectivity index (χ4n) is 4.02. The second-order valence-electron chi connectivity index (χ2n) is 6.91. The number of benzene rings is 1. The van der Waals surface area contributed by atoms with Crippen molar-refractivity contribution in [1.82, 2.24) is 9.80 Å². The van der Waals surface area contributed by atoms with Crippen LogP contribution in [0.5, 0.6) is 0 Å². The Hall–Kier alpha value is -2.21. The number of hydrogen-bond acceptors (Lipinski definition) is 3. The lowest BCUT2D eigenvalue weighted by Gasteiger charge is -2.45. The van der Waals surface area contributed by atoms with Gasteiger partial charge in [-0.3, -0.25) is 14.5 Å². The van der Waals surface area contributed by atoms with Crippen LogP contribution in [0, 0.1) is 11.7 Å². The maximum Gasteiger partial charge on any atom is 0.309 e. The summed E-state index contributed by atoms with van der Waals surface area (Å²) in [6.07, 6.45) is 5.45. The second-order valence-corrected chi connectivity index (χ2v) is 6.91. The van der Waals surface area contributed by atoms with E-state index in [2.05, 4.69) is 4.90 Å². The van der Waals surface area contributed by atoms with Gasteiger partial charge in [-0.05, 0) is 30.5 Å². The number of carboxylic acids is 1. The van der Waals surface area contributed by atoms with E-state index in [1.807, 2.05) is 12.2 Å². The molecular weight excluding hydrogens is 323 g/mol. The molecule has 2 aliphatic heterocycles. The molecule has 3 rings (SSSR count). The number of rotatable bonds is 4. The van der Waals surface area contributed by atoms with Crippen molar-refractivity contribution in [3.63, 3.8) is 0 Å². The summed E-state index contributed by atoms with van der Waals surface area (Å²) in [5.41, 5.74) is 0.405. The molecule has 2 saturated heterocycles. The third kappa shape index (κ3) is 3.44. The zero-order valence-electron chi connectivity index (χ0n) is 14.3. The van der Waals surface area contributed by atoms with Crippen LogP contribution in [0.2, 0.25) is 0 Å². The van der Waals surface area contributed by atoms with Gasteiger partial charge in [-0.1, -0.05) is 24.3 Å². The number of aliphatic carboxylic acids is 1. The van der Waals surface area contributed by atoms with Gasteiger partial charge < -0.3 is 10.0 Å². The van der Waals surface area contributed by atoms with Crippen molar-refractivity contribution in [2.24, 2.45) is 5.92 Å². The average Bonchev–Trinajstić information content (AvgIpc) is 2.84. The van der Waals surface area contributed by atoms with Crippen LogP contribution in [-0.4, -0.2) is 59.0 Å². The van der Waals surface area contributed by atoms with Crippen LogP contribution in [-0.2, 0) is 9.59 Å². The number of likely N-dealkylation sites (tertiary alicyclic amines) is 2. The third-order valence-corrected chi connectivity index (χ3v) is 5.63. The van der Waals surface area contributed by atoms with Crippen LogP contribution >= 0.6 is 0 Å². The number of carboxylic acid groups (broad SMARTS) is 1. The highest BCUT2D eigenvalue weighted by atomic mass is 19.1. The summed E-state index contributed by atoms with van der Waals surface area (Å²) in [6, 6.07) is 6.33. The van der Waals surface area contributed by atoms with Gasteiger partial charge >= 0.3 is 5.97 Å². The van der Waals surface area contributed by atoms with Gasteiger partial charge in [-0.2, -0.15) is 0 Å². The third-order valence-electron chi connectivity index (χ3n) is 5.63. The number of carbonyl (C=O) groups excluding carboxylic acids is 1. The molecule has 1 amide bonds. The summed E-state index contributed by atoms with van der Waals surface area (Å²) in [5.74, 6) is -1.80. The highest BCUT2D eigenvalue weighted by Gasteiger charge is 2.55. The monoisotopic (exact) mass is 346 g/mol. The quantitative estimate of drug-likeness (QED) is 0.908. The SMILES string of the molecule is CN1C(=O)C[C@@H](C(=O)O)C12CCN(C/C=C/c1ccc(F)cc1)CC2. The van der Waals surface area contributed by atoms with E-state index >= 15 is 0 Å². The number of piperidine rings is 1. The zero-order chi connectivity index (χ0) is 18.0. The second kappa shape index (κ2) is 6.96. The van der Waals surface area contributed by atoms with Gasteiger partial charge in [0, 0.05) is 33.1 Å². The molecule has 2 fully saturated rings. The topological polar surface area (TPSA) is 60.9 Å². The Labute approximate surface area is 146 Å². The molecule has 1 atom stereocenters. The molecular formula is C19H23FN2O3. The first-order valence-electron chi connectivity index (χ1n) is 8.56. The molecule has 1 N–H and O–H groups in total. The predicted molar refractivity (Wildman–Crippen MR) is 92.4 cm³/mol. The molecule has 0 saturated carbocycles. The molecule has 0 bridgehead atoms. The van der Waals surface area contributed by atoms with Gasteiger partial charge in [0.25, 0.3) is 0 Å². The highest BCUT2D eigenvalue weighted by molar-refractivity contribution is 5.88. The summed E-state index contributed by atoms with van der Waals surface area (Å²) >= 11 is 0. The van der Waals surface area contributed by atoms with E-state index in [1.165, 1.54) is 12.1 Å².